The molecule has 1 unspecified atom stereocenters. The first-order valence-electron chi connectivity index (χ1n) is 10.8. The number of sulfonamides is 1. The molecule has 1 amide bonds. The highest BCUT2D eigenvalue weighted by atomic mass is 35.5. The molecule has 3 aromatic rings. The van der Waals surface area contributed by atoms with Crippen molar-refractivity contribution in [1.29, 1.82) is 0 Å². The fraction of sp³-hybridized carbons (Fsp3) is 0.250. The summed E-state index contributed by atoms with van der Waals surface area (Å²) in [5, 5.41) is 0. The molecule has 0 saturated heterocycles. The SMILES string of the molecule is CCOc1ccc(C(C)Oc2ccc(C(=O)NS(=O)(=O)c3ccc(OCCCl)cc3)c(F)c2F)nc1. The van der Waals surface area contributed by atoms with Gasteiger partial charge in [-0.2, -0.15) is 4.39 Å². The van der Waals surface area contributed by atoms with Gasteiger partial charge in [-0.15, -0.1) is 11.6 Å². The summed E-state index contributed by atoms with van der Waals surface area (Å²) in [6, 6.07) is 10.4. The third-order valence-corrected chi connectivity index (χ3v) is 6.29. The van der Waals surface area contributed by atoms with Crippen LogP contribution in [0.15, 0.2) is 59.6 Å². The largest absolute Gasteiger partial charge is 0.492 e. The molecule has 8 nitrogen and oxygen atoms in total. The van der Waals surface area contributed by atoms with E-state index < -0.39 is 45.0 Å². The van der Waals surface area contributed by atoms with Gasteiger partial charge in [0.15, 0.2) is 11.6 Å². The van der Waals surface area contributed by atoms with Crippen molar-refractivity contribution in [2.24, 2.45) is 0 Å². The van der Waals surface area contributed by atoms with Crippen molar-refractivity contribution >= 4 is 27.5 Å². The van der Waals surface area contributed by atoms with Crippen LogP contribution < -0.4 is 18.9 Å². The predicted octanol–water partition coefficient (Wildman–Crippen LogP) is 4.63. The third kappa shape index (κ3) is 6.61. The smallest absolute Gasteiger partial charge is 0.268 e. The Bertz CT molecular complexity index is 1310. The molecule has 0 bridgehead atoms. The molecule has 0 aliphatic rings. The Morgan fingerprint density at radius 2 is 1.72 bits per heavy atom. The van der Waals surface area contributed by atoms with Crippen LogP contribution in [0.4, 0.5) is 8.78 Å². The maximum absolute atomic E-state index is 14.7. The van der Waals surface area contributed by atoms with E-state index in [1.165, 1.54) is 30.5 Å². The second kappa shape index (κ2) is 12.0. The van der Waals surface area contributed by atoms with Crippen LogP contribution in [0.3, 0.4) is 0 Å². The molecule has 1 heterocycles. The second-order valence-corrected chi connectivity index (χ2v) is 9.35. The number of ether oxygens (including phenoxy) is 3. The number of nitrogens with one attached hydrogen (secondary N) is 1. The van der Waals surface area contributed by atoms with Gasteiger partial charge in [-0.25, -0.2) is 17.5 Å². The zero-order valence-electron chi connectivity index (χ0n) is 19.3. The molecule has 0 saturated carbocycles. The molecule has 0 spiro atoms. The van der Waals surface area contributed by atoms with Gasteiger partial charge in [0, 0.05) is 0 Å². The summed E-state index contributed by atoms with van der Waals surface area (Å²) in [5.41, 5.74) is -0.373. The number of carbonyl (C=O) groups excluding carboxylic acids is 1. The number of amides is 1. The van der Waals surface area contributed by atoms with E-state index in [9.17, 15) is 22.0 Å². The summed E-state index contributed by atoms with van der Waals surface area (Å²) in [5.74, 6) is -3.65. The van der Waals surface area contributed by atoms with Gasteiger partial charge in [0.1, 0.15) is 24.2 Å². The molecule has 1 atom stereocenters. The fourth-order valence-corrected chi connectivity index (χ4v) is 4.08. The van der Waals surface area contributed by atoms with Gasteiger partial charge >= 0.3 is 0 Å². The molecule has 36 heavy (non-hydrogen) atoms. The molecule has 1 aromatic heterocycles. The third-order valence-electron chi connectivity index (χ3n) is 4.79. The number of alkyl halides is 1. The van der Waals surface area contributed by atoms with Crippen molar-refractivity contribution < 1.29 is 36.2 Å². The van der Waals surface area contributed by atoms with E-state index in [1.54, 1.807) is 23.8 Å². The van der Waals surface area contributed by atoms with Crippen LogP contribution in [0.2, 0.25) is 0 Å². The van der Waals surface area contributed by atoms with Crippen LogP contribution in [-0.2, 0) is 10.0 Å². The van der Waals surface area contributed by atoms with E-state index in [1.807, 2.05) is 6.92 Å². The van der Waals surface area contributed by atoms with Gasteiger partial charge in [0.2, 0.25) is 5.82 Å². The zero-order chi connectivity index (χ0) is 26.3. The van der Waals surface area contributed by atoms with Gasteiger partial charge < -0.3 is 14.2 Å². The van der Waals surface area contributed by atoms with Gasteiger partial charge in [0.05, 0.1) is 34.8 Å². The first kappa shape index (κ1) is 27.2. The number of hydrogen-bond acceptors (Lipinski definition) is 7. The first-order valence-corrected chi connectivity index (χ1v) is 12.8. The van der Waals surface area contributed by atoms with Crippen LogP contribution in [0.25, 0.3) is 0 Å². The Hall–Kier alpha value is -3.44. The Labute approximate surface area is 212 Å². The van der Waals surface area contributed by atoms with Gasteiger partial charge in [-0.3, -0.25) is 9.78 Å². The van der Waals surface area contributed by atoms with E-state index in [0.29, 0.717) is 23.8 Å². The normalized spacial score (nSPS) is 12.0. The van der Waals surface area contributed by atoms with Crippen LogP contribution in [-0.4, -0.2) is 38.4 Å². The summed E-state index contributed by atoms with van der Waals surface area (Å²) in [6.07, 6.45) is 0.718. The highest BCUT2D eigenvalue weighted by Gasteiger charge is 2.25. The lowest BCUT2D eigenvalue weighted by Gasteiger charge is -2.16. The minimum atomic E-state index is -4.37. The average Bonchev–Trinajstić information content (AvgIpc) is 2.86. The van der Waals surface area contributed by atoms with E-state index in [-0.39, 0.29) is 17.4 Å². The van der Waals surface area contributed by atoms with Crippen molar-refractivity contribution in [3.05, 3.63) is 77.6 Å². The van der Waals surface area contributed by atoms with E-state index in [4.69, 9.17) is 25.8 Å². The van der Waals surface area contributed by atoms with E-state index in [0.717, 1.165) is 12.1 Å². The topological polar surface area (TPSA) is 104 Å². The van der Waals surface area contributed by atoms with Crippen LogP contribution in [0.5, 0.6) is 17.2 Å². The Balaban J connectivity index is 1.72. The fourth-order valence-electron chi connectivity index (χ4n) is 3.04. The Morgan fingerprint density at radius 1 is 1.03 bits per heavy atom. The number of rotatable bonds is 11. The Kier molecular flexibility index (Phi) is 9.05. The highest BCUT2D eigenvalue weighted by Crippen LogP contribution is 2.28. The average molecular weight is 541 g/mol. The number of hydrogen-bond donors (Lipinski definition) is 1. The summed E-state index contributed by atoms with van der Waals surface area (Å²) < 4.78 is 72.2. The molecule has 2 aromatic carbocycles. The lowest BCUT2D eigenvalue weighted by atomic mass is 10.1. The lowest BCUT2D eigenvalue weighted by molar-refractivity contribution is 0.0976. The molecular formula is C24H23ClF2N2O6S. The van der Waals surface area contributed by atoms with Crippen molar-refractivity contribution in [3.8, 4) is 17.2 Å². The van der Waals surface area contributed by atoms with E-state index in [2.05, 4.69) is 4.98 Å². The summed E-state index contributed by atoms with van der Waals surface area (Å²) in [4.78, 5) is 16.4. The lowest BCUT2D eigenvalue weighted by Crippen LogP contribution is -2.31. The monoisotopic (exact) mass is 540 g/mol. The predicted molar refractivity (Wildman–Crippen MR) is 128 cm³/mol. The Morgan fingerprint density at radius 3 is 2.33 bits per heavy atom. The zero-order valence-corrected chi connectivity index (χ0v) is 20.9. The van der Waals surface area contributed by atoms with Gasteiger partial charge in [0.25, 0.3) is 15.9 Å². The molecule has 12 heteroatoms. The number of halogens is 3. The number of pyridine rings is 1. The van der Waals surface area contributed by atoms with Crippen molar-refractivity contribution in [3.63, 3.8) is 0 Å². The van der Waals surface area contributed by atoms with Crippen molar-refractivity contribution in [2.45, 2.75) is 24.8 Å². The summed E-state index contributed by atoms with van der Waals surface area (Å²) >= 11 is 5.53. The number of aromatic nitrogens is 1. The standard InChI is InChI=1S/C24H23ClF2N2O6S/c1-3-33-17-6-10-20(28-14-17)15(2)35-21-11-9-19(22(26)23(21)27)24(30)29-36(31,32)18-7-4-16(5-8-18)34-13-12-25/h4-11,14-15H,3,12-13H2,1-2H3,(H,29,30). The van der Waals surface area contributed by atoms with E-state index >= 15 is 0 Å². The molecule has 0 fully saturated rings. The van der Waals surface area contributed by atoms with Crippen molar-refractivity contribution in [2.75, 3.05) is 19.1 Å². The molecule has 0 aliphatic heterocycles. The molecule has 0 radical (unpaired) electrons. The first-order chi connectivity index (χ1) is 17.2. The molecule has 1 N–H and O–H groups in total. The highest BCUT2D eigenvalue weighted by molar-refractivity contribution is 7.90. The maximum atomic E-state index is 14.7. The molecule has 192 valence electrons. The minimum Gasteiger partial charge on any atom is -0.492 e. The van der Waals surface area contributed by atoms with Gasteiger partial charge in [-0.05, 0) is 62.4 Å². The molecule has 3 rings (SSSR count). The maximum Gasteiger partial charge on any atom is 0.268 e. The van der Waals surface area contributed by atoms with Crippen molar-refractivity contribution in [1.82, 2.24) is 9.71 Å². The van der Waals surface area contributed by atoms with Crippen LogP contribution in [0, 0.1) is 11.6 Å². The quantitative estimate of drug-likeness (QED) is 0.353. The van der Waals surface area contributed by atoms with Crippen LogP contribution in [0.1, 0.15) is 36.0 Å². The number of benzene rings is 2. The summed E-state index contributed by atoms with van der Waals surface area (Å²) in [6.45, 7) is 4.10. The minimum absolute atomic E-state index is 0.227. The van der Waals surface area contributed by atoms with Crippen LogP contribution >= 0.6 is 11.6 Å². The molecule has 0 aliphatic carbocycles. The van der Waals surface area contributed by atoms with Gasteiger partial charge in [-0.1, -0.05) is 0 Å². The molecular weight excluding hydrogens is 518 g/mol. The number of carbonyl (C=O) groups is 1. The second-order valence-electron chi connectivity index (χ2n) is 7.29. The summed E-state index contributed by atoms with van der Waals surface area (Å²) in [7, 11) is -4.37. The number of nitrogens with zero attached hydrogens (tertiary/aromatic N) is 1.